The van der Waals surface area contributed by atoms with E-state index < -0.39 is 11.6 Å². The zero-order valence-corrected chi connectivity index (χ0v) is 20.4. The molecule has 1 fully saturated rings. The number of halogens is 2. The Balaban J connectivity index is 1.38. The van der Waals surface area contributed by atoms with Gasteiger partial charge in [-0.25, -0.2) is 23.7 Å². The lowest BCUT2D eigenvalue weighted by molar-refractivity contribution is 0.145. The fourth-order valence-corrected chi connectivity index (χ4v) is 4.62. The zero-order chi connectivity index (χ0) is 25.2. The van der Waals surface area contributed by atoms with E-state index >= 15 is 0 Å². The molecule has 1 saturated heterocycles. The van der Waals surface area contributed by atoms with Crippen LogP contribution in [0.4, 0.5) is 31.9 Å². The Morgan fingerprint density at radius 1 is 1.08 bits per heavy atom. The summed E-state index contributed by atoms with van der Waals surface area (Å²) in [6.45, 7) is 7.50. The van der Waals surface area contributed by atoms with Crippen molar-refractivity contribution in [1.82, 2.24) is 15.0 Å². The van der Waals surface area contributed by atoms with Crippen molar-refractivity contribution in [2.45, 2.75) is 32.8 Å². The maximum atomic E-state index is 15.0. The lowest BCUT2D eigenvalue weighted by Crippen LogP contribution is -2.35. The van der Waals surface area contributed by atoms with Gasteiger partial charge in [-0.2, -0.15) is 0 Å². The highest BCUT2D eigenvalue weighted by Crippen LogP contribution is 2.39. The molecule has 1 aromatic carbocycles. The molecule has 2 aliphatic heterocycles. The maximum Gasteiger partial charge on any atom is 0.229 e. The summed E-state index contributed by atoms with van der Waals surface area (Å²) in [6, 6.07) is 6.69. The summed E-state index contributed by atoms with van der Waals surface area (Å²) >= 11 is 0. The second-order valence-electron chi connectivity index (χ2n) is 9.63. The number of fused-ring (bicyclic) bond motifs is 1. The van der Waals surface area contributed by atoms with Crippen LogP contribution in [0.2, 0.25) is 0 Å². The van der Waals surface area contributed by atoms with Crippen LogP contribution in [0.25, 0.3) is 11.3 Å². The van der Waals surface area contributed by atoms with Gasteiger partial charge in [0.15, 0.2) is 17.4 Å². The summed E-state index contributed by atoms with van der Waals surface area (Å²) < 4.78 is 35.3. The Hall–Kier alpha value is -3.53. The first-order chi connectivity index (χ1) is 17.4. The summed E-state index contributed by atoms with van der Waals surface area (Å²) in [5.74, 6) is 0.0110. The van der Waals surface area contributed by atoms with E-state index in [0.717, 1.165) is 44.4 Å². The zero-order valence-electron chi connectivity index (χ0n) is 20.4. The number of aliphatic hydroxyl groups is 1. The van der Waals surface area contributed by atoms with Gasteiger partial charge >= 0.3 is 0 Å². The first-order valence-corrected chi connectivity index (χ1v) is 12.3. The first-order valence-electron chi connectivity index (χ1n) is 12.3. The van der Waals surface area contributed by atoms with Gasteiger partial charge in [-0.15, -0.1) is 0 Å². The SMILES string of the molecule is CC(C)CN1CCOc2c(F)cc(-c3nc(Nc4ccc(N5CCC(O)CC5)cn4)ncc3F)cc21. The molecular formula is C26H30F2N6O2. The van der Waals surface area contributed by atoms with Crippen LogP contribution in [0.15, 0.2) is 36.7 Å². The van der Waals surface area contributed by atoms with Gasteiger partial charge in [0.25, 0.3) is 0 Å². The molecule has 3 aromatic rings. The van der Waals surface area contributed by atoms with E-state index in [1.807, 2.05) is 6.07 Å². The van der Waals surface area contributed by atoms with Crippen LogP contribution in [-0.4, -0.2) is 58.9 Å². The molecule has 2 aliphatic rings. The number of benzene rings is 1. The second-order valence-corrected chi connectivity index (χ2v) is 9.63. The Kier molecular flexibility index (Phi) is 6.86. The minimum Gasteiger partial charge on any atom is -0.486 e. The standard InChI is InChI=1S/C26H30F2N6O2/c1-16(2)15-34-9-10-36-25-20(27)11-17(12-22(25)34)24-21(28)14-30-26(32-24)31-23-4-3-18(13-29-23)33-7-5-19(35)6-8-33/h3-4,11-14,16,19,35H,5-10,15H2,1-2H3,(H,29,30,31,32). The number of nitrogens with one attached hydrogen (secondary N) is 1. The summed E-state index contributed by atoms with van der Waals surface area (Å²) in [4.78, 5) is 17.0. The fraction of sp³-hybridized carbons (Fsp3) is 0.423. The molecule has 4 heterocycles. The molecule has 0 atom stereocenters. The van der Waals surface area contributed by atoms with Crippen molar-refractivity contribution in [2.75, 3.05) is 47.9 Å². The third kappa shape index (κ3) is 5.18. The number of aliphatic hydroxyl groups excluding tert-OH is 1. The number of ether oxygens (including phenoxy) is 1. The molecule has 0 unspecified atom stereocenters. The molecule has 0 bridgehead atoms. The normalized spacial score (nSPS) is 16.2. The van der Waals surface area contributed by atoms with Crippen LogP contribution in [0.5, 0.6) is 5.75 Å². The van der Waals surface area contributed by atoms with E-state index in [-0.39, 0.29) is 23.5 Å². The predicted octanol–water partition coefficient (Wildman–Crippen LogP) is 4.38. The van der Waals surface area contributed by atoms with Gasteiger partial charge in [-0.3, -0.25) is 0 Å². The minimum atomic E-state index is -0.650. The van der Waals surface area contributed by atoms with Crippen molar-refractivity contribution in [3.8, 4) is 17.0 Å². The van der Waals surface area contributed by atoms with Crippen molar-refractivity contribution in [1.29, 1.82) is 0 Å². The van der Waals surface area contributed by atoms with Crippen LogP contribution in [0.3, 0.4) is 0 Å². The fourth-order valence-electron chi connectivity index (χ4n) is 4.62. The second kappa shape index (κ2) is 10.2. The van der Waals surface area contributed by atoms with Crippen LogP contribution in [0.1, 0.15) is 26.7 Å². The topological polar surface area (TPSA) is 86.6 Å². The van der Waals surface area contributed by atoms with E-state index in [1.54, 1.807) is 18.3 Å². The smallest absolute Gasteiger partial charge is 0.229 e. The van der Waals surface area contributed by atoms with Crippen molar-refractivity contribution < 1.29 is 18.6 Å². The molecule has 2 N–H and O–H groups in total. The van der Waals surface area contributed by atoms with Crippen LogP contribution < -0.4 is 19.9 Å². The van der Waals surface area contributed by atoms with Crippen LogP contribution in [-0.2, 0) is 0 Å². The number of piperidine rings is 1. The minimum absolute atomic E-state index is 0.00670. The summed E-state index contributed by atoms with van der Waals surface area (Å²) in [5.41, 5.74) is 1.86. The van der Waals surface area contributed by atoms with Gasteiger partial charge in [0, 0.05) is 25.2 Å². The molecule has 190 valence electrons. The van der Waals surface area contributed by atoms with Crippen molar-refractivity contribution in [3.05, 3.63) is 48.3 Å². The highest BCUT2D eigenvalue weighted by Gasteiger charge is 2.25. The summed E-state index contributed by atoms with van der Waals surface area (Å²) in [7, 11) is 0. The largest absolute Gasteiger partial charge is 0.486 e. The maximum absolute atomic E-state index is 15.0. The Bertz CT molecular complexity index is 1220. The molecule has 36 heavy (non-hydrogen) atoms. The van der Waals surface area contributed by atoms with Crippen molar-refractivity contribution in [3.63, 3.8) is 0 Å². The van der Waals surface area contributed by atoms with E-state index in [0.29, 0.717) is 36.1 Å². The number of hydrogen-bond acceptors (Lipinski definition) is 8. The van der Waals surface area contributed by atoms with Gasteiger partial charge < -0.3 is 25.0 Å². The first kappa shape index (κ1) is 24.2. The van der Waals surface area contributed by atoms with E-state index in [1.165, 1.54) is 6.07 Å². The number of aromatic nitrogens is 3. The Morgan fingerprint density at radius 2 is 1.89 bits per heavy atom. The van der Waals surface area contributed by atoms with Crippen molar-refractivity contribution >= 4 is 23.1 Å². The third-order valence-corrected chi connectivity index (χ3v) is 6.39. The number of hydrogen-bond donors (Lipinski definition) is 2. The molecular weight excluding hydrogens is 466 g/mol. The van der Waals surface area contributed by atoms with Crippen LogP contribution >= 0.6 is 0 Å². The van der Waals surface area contributed by atoms with E-state index in [9.17, 15) is 13.9 Å². The molecule has 0 radical (unpaired) electrons. The number of nitrogens with zero attached hydrogens (tertiary/aromatic N) is 5. The number of anilines is 4. The summed E-state index contributed by atoms with van der Waals surface area (Å²) in [5, 5.41) is 12.7. The molecule has 5 rings (SSSR count). The molecule has 10 heteroatoms. The monoisotopic (exact) mass is 496 g/mol. The molecule has 0 amide bonds. The average Bonchev–Trinajstić information content (AvgIpc) is 2.86. The number of pyridine rings is 1. The van der Waals surface area contributed by atoms with Gasteiger partial charge in [0.05, 0.1) is 36.4 Å². The molecule has 0 saturated carbocycles. The van der Waals surface area contributed by atoms with E-state index in [2.05, 4.69) is 43.9 Å². The predicted molar refractivity (Wildman–Crippen MR) is 135 cm³/mol. The lowest BCUT2D eigenvalue weighted by atomic mass is 10.1. The molecule has 2 aromatic heterocycles. The third-order valence-electron chi connectivity index (χ3n) is 6.39. The highest BCUT2D eigenvalue weighted by molar-refractivity contribution is 5.73. The highest BCUT2D eigenvalue weighted by atomic mass is 19.1. The van der Waals surface area contributed by atoms with Gasteiger partial charge in [0.2, 0.25) is 5.95 Å². The molecule has 0 aliphatic carbocycles. The molecule has 8 nitrogen and oxygen atoms in total. The number of rotatable bonds is 6. The quantitative estimate of drug-likeness (QED) is 0.520. The Morgan fingerprint density at radius 3 is 2.61 bits per heavy atom. The Labute approximate surface area is 209 Å². The van der Waals surface area contributed by atoms with Gasteiger partial charge in [0.1, 0.15) is 18.1 Å². The lowest BCUT2D eigenvalue weighted by Gasteiger charge is -2.33. The van der Waals surface area contributed by atoms with Gasteiger partial charge in [-0.1, -0.05) is 13.8 Å². The van der Waals surface area contributed by atoms with Crippen LogP contribution in [0, 0.1) is 17.6 Å². The average molecular weight is 497 g/mol. The summed E-state index contributed by atoms with van der Waals surface area (Å²) in [6.07, 6.45) is 4.03. The van der Waals surface area contributed by atoms with E-state index in [4.69, 9.17) is 4.74 Å². The molecule has 0 spiro atoms. The van der Waals surface area contributed by atoms with Gasteiger partial charge in [-0.05, 0) is 43.0 Å². The van der Waals surface area contributed by atoms with Crippen molar-refractivity contribution in [2.24, 2.45) is 5.92 Å².